The van der Waals surface area contributed by atoms with Crippen LogP contribution in [0.3, 0.4) is 0 Å². The summed E-state index contributed by atoms with van der Waals surface area (Å²) in [4.78, 5) is 35.5. The first-order valence-corrected chi connectivity index (χ1v) is 6.61. The number of primary amides is 1. The summed E-state index contributed by atoms with van der Waals surface area (Å²) < 4.78 is 5.12. The number of ether oxygens (including phenoxy) is 1. The minimum absolute atomic E-state index is 0.0696. The molecule has 1 rings (SSSR count). The van der Waals surface area contributed by atoms with Crippen LogP contribution in [0, 0.1) is 0 Å². The van der Waals surface area contributed by atoms with Crippen molar-refractivity contribution < 1.29 is 24.2 Å². The average Bonchev–Trinajstić information content (AvgIpc) is 2.38. The number of carbonyl (C=O) groups excluding carboxylic acids is 2. The monoisotopic (exact) mass is 287 g/mol. The highest BCUT2D eigenvalue weighted by Crippen LogP contribution is 2.09. The van der Waals surface area contributed by atoms with Gasteiger partial charge in [-0.15, -0.1) is 0 Å². The fourth-order valence-electron chi connectivity index (χ4n) is 2.12. The van der Waals surface area contributed by atoms with E-state index >= 15 is 0 Å². The number of morpholine rings is 1. The lowest BCUT2D eigenvalue weighted by atomic mass is 10.1. The number of urea groups is 1. The molecule has 1 saturated heterocycles. The summed E-state index contributed by atoms with van der Waals surface area (Å²) in [6.45, 7) is 2.56. The number of nitrogens with zero attached hydrogens (tertiary/aromatic N) is 1. The van der Waals surface area contributed by atoms with Crippen molar-refractivity contribution in [1.82, 2.24) is 10.2 Å². The molecule has 1 heterocycles. The van der Waals surface area contributed by atoms with E-state index in [0.29, 0.717) is 13.0 Å². The van der Waals surface area contributed by atoms with E-state index in [9.17, 15) is 14.4 Å². The van der Waals surface area contributed by atoms with Crippen LogP contribution in [-0.4, -0.2) is 59.8 Å². The van der Waals surface area contributed by atoms with Crippen LogP contribution in [-0.2, 0) is 14.3 Å². The quantitative estimate of drug-likeness (QED) is 0.609. The molecule has 1 aliphatic heterocycles. The summed E-state index contributed by atoms with van der Waals surface area (Å²) in [5, 5.41) is 11.5. The number of carboxylic acid groups (broad SMARTS) is 1. The third kappa shape index (κ3) is 4.69. The molecule has 2 atom stereocenters. The zero-order valence-corrected chi connectivity index (χ0v) is 11.5. The number of amides is 3. The van der Waals surface area contributed by atoms with Crippen molar-refractivity contribution in [2.75, 3.05) is 19.8 Å². The van der Waals surface area contributed by atoms with Gasteiger partial charge in [-0.25, -0.2) is 4.79 Å². The van der Waals surface area contributed by atoms with Gasteiger partial charge in [-0.2, -0.15) is 0 Å². The summed E-state index contributed by atoms with van der Waals surface area (Å²) in [7, 11) is 0. The summed E-state index contributed by atoms with van der Waals surface area (Å²) in [6.07, 6.45) is 1.16. The first-order chi connectivity index (χ1) is 9.45. The van der Waals surface area contributed by atoms with Gasteiger partial charge < -0.3 is 25.8 Å². The largest absolute Gasteiger partial charge is 0.481 e. The second-order valence-electron chi connectivity index (χ2n) is 4.72. The number of nitrogens with two attached hydrogens (primary N) is 1. The molecular formula is C12H21N3O5. The first kappa shape index (κ1) is 16.2. The van der Waals surface area contributed by atoms with Crippen LogP contribution in [0.4, 0.5) is 4.79 Å². The molecule has 1 fully saturated rings. The van der Waals surface area contributed by atoms with Crippen molar-refractivity contribution in [3.05, 3.63) is 0 Å². The van der Waals surface area contributed by atoms with Crippen molar-refractivity contribution in [2.24, 2.45) is 5.73 Å². The average molecular weight is 287 g/mol. The van der Waals surface area contributed by atoms with Crippen LogP contribution >= 0.6 is 0 Å². The minimum Gasteiger partial charge on any atom is -0.481 e. The Hall–Kier alpha value is -1.83. The van der Waals surface area contributed by atoms with Gasteiger partial charge in [-0.05, 0) is 6.42 Å². The van der Waals surface area contributed by atoms with Crippen LogP contribution < -0.4 is 11.1 Å². The number of hydrogen-bond donors (Lipinski definition) is 3. The van der Waals surface area contributed by atoms with E-state index in [-0.39, 0.29) is 19.6 Å². The normalized spacial score (nSPS) is 20.2. The first-order valence-electron chi connectivity index (χ1n) is 6.61. The van der Waals surface area contributed by atoms with E-state index in [1.807, 2.05) is 6.92 Å². The Labute approximate surface area is 117 Å². The zero-order chi connectivity index (χ0) is 15.1. The highest BCUT2D eigenvalue weighted by atomic mass is 16.5. The van der Waals surface area contributed by atoms with Gasteiger partial charge in [0.15, 0.2) is 0 Å². The molecule has 0 aromatic carbocycles. The van der Waals surface area contributed by atoms with Crippen molar-refractivity contribution in [3.63, 3.8) is 0 Å². The molecule has 0 saturated carbocycles. The van der Waals surface area contributed by atoms with Crippen molar-refractivity contribution in [3.8, 4) is 0 Å². The van der Waals surface area contributed by atoms with Gasteiger partial charge in [-0.1, -0.05) is 13.3 Å². The number of carbonyl (C=O) groups is 3. The number of carboxylic acids is 1. The molecule has 0 aliphatic carbocycles. The molecule has 4 N–H and O–H groups in total. The van der Waals surface area contributed by atoms with Gasteiger partial charge >= 0.3 is 12.0 Å². The fraction of sp³-hybridized carbons (Fsp3) is 0.750. The van der Waals surface area contributed by atoms with Crippen molar-refractivity contribution >= 4 is 17.9 Å². The molecule has 8 heteroatoms. The van der Waals surface area contributed by atoms with Gasteiger partial charge in [-0.3, -0.25) is 9.59 Å². The van der Waals surface area contributed by atoms with E-state index in [2.05, 4.69) is 5.32 Å². The van der Waals surface area contributed by atoms with E-state index < -0.39 is 30.0 Å². The van der Waals surface area contributed by atoms with Crippen molar-refractivity contribution in [1.29, 1.82) is 0 Å². The SMILES string of the molecule is CCCC(CC(=O)O)NC(=O)N1CCOCC1C(N)=O. The van der Waals surface area contributed by atoms with E-state index in [0.717, 1.165) is 6.42 Å². The molecule has 0 bridgehead atoms. The maximum absolute atomic E-state index is 12.1. The third-order valence-electron chi connectivity index (χ3n) is 3.10. The number of aliphatic carboxylic acids is 1. The summed E-state index contributed by atoms with van der Waals surface area (Å²) >= 11 is 0. The zero-order valence-electron chi connectivity index (χ0n) is 11.5. The summed E-state index contributed by atoms with van der Waals surface area (Å²) in [5.74, 6) is -1.61. The predicted octanol–water partition coefficient (Wildman–Crippen LogP) is -0.474. The molecule has 0 radical (unpaired) electrons. The Bertz CT molecular complexity index is 374. The van der Waals surface area contributed by atoms with E-state index in [4.69, 9.17) is 15.6 Å². The molecule has 0 aromatic heterocycles. The Kier molecular flexibility index (Phi) is 6.23. The van der Waals surface area contributed by atoms with Crippen LogP contribution in [0.15, 0.2) is 0 Å². The lowest BCUT2D eigenvalue weighted by molar-refractivity contribution is -0.137. The highest BCUT2D eigenvalue weighted by molar-refractivity contribution is 5.86. The highest BCUT2D eigenvalue weighted by Gasteiger charge is 2.32. The molecule has 114 valence electrons. The molecule has 20 heavy (non-hydrogen) atoms. The van der Waals surface area contributed by atoms with Gasteiger partial charge in [0.05, 0.1) is 19.6 Å². The molecule has 2 unspecified atom stereocenters. The molecule has 8 nitrogen and oxygen atoms in total. The van der Waals surface area contributed by atoms with Gasteiger partial charge in [0, 0.05) is 12.6 Å². The van der Waals surface area contributed by atoms with Crippen LogP contribution in [0.1, 0.15) is 26.2 Å². The Morgan fingerprint density at radius 1 is 1.50 bits per heavy atom. The second kappa shape index (κ2) is 7.68. The van der Waals surface area contributed by atoms with Crippen LogP contribution in [0.25, 0.3) is 0 Å². The number of nitrogens with one attached hydrogen (secondary N) is 1. The molecule has 3 amide bonds. The van der Waals surface area contributed by atoms with Crippen LogP contribution in [0.5, 0.6) is 0 Å². The standard InChI is InChI=1S/C12H21N3O5/c1-2-3-8(6-10(16)17)14-12(19)15-4-5-20-7-9(15)11(13)18/h8-9H,2-7H2,1H3,(H2,13,18)(H,14,19)(H,16,17). The van der Waals surface area contributed by atoms with E-state index in [1.165, 1.54) is 4.90 Å². The second-order valence-corrected chi connectivity index (χ2v) is 4.72. The van der Waals surface area contributed by atoms with Gasteiger partial charge in [0.25, 0.3) is 0 Å². The predicted molar refractivity (Wildman–Crippen MR) is 70.0 cm³/mol. The van der Waals surface area contributed by atoms with Crippen molar-refractivity contribution in [2.45, 2.75) is 38.3 Å². The molecule has 1 aliphatic rings. The molecule has 0 aromatic rings. The van der Waals surface area contributed by atoms with Gasteiger partial charge in [0.1, 0.15) is 6.04 Å². The van der Waals surface area contributed by atoms with Crippen LogP contribution in [0.2, 0.25) is 0 Å². The smallest absolute Gasteiger partial charge is 0.318 e. The Balaban J connectivity index is 2.65. The fourth-order valence-corrected chi connectivity index (χ4v) is 2.12. The topological polar surface area (TPSA) is 122 Å². The third-order valence-corrected chi connectivity index (χ3v) is 3.10. The minimum atomic E-state index is -0.975. The molecule has 0 spiro atoms. The Morgan fingerprint density at radius 3 is 2.75 bits per heavy atom. The van der Waals surface area contributed by atoms with E-state index in [1.54, 1.807) is 0 Å². The molecular weight excluding hydrogens is 266 g/mol. The lowest BCUT2D eigenvalue weighted by Gasteiger charge is -2.34. The summed E-state index contributed by atoms with van der Waals surface area (Å²) in [5.41, 5.74) is 5.23. The summed E-state index contributed by atoms with van der Waals surface area (Å²) in [6, 6.07) is -1.74. The number of hydrogen-bond acceptors (Lipinski definition) is 4. The maximum Gasteiger partial charge on any atom is 0.318 e. The number of rotatable bonds is 6. The Morgan fingerprint density at radius 2 is 2.20 bits per heavy atom. The maximum atomic E-state index is 12.1. The van der Waals surface area contributed by atoms with Gasteiger partial charge in [0.2, 0.25) is 5.91 Å². The lowest BCUT2D eigenvalue weighted by Crippen LogP contribution is -2.58.